The molecule has 1 N–H and O–H groups in total. The highest BCUT2D eigenvalue weighted by Gasteiger charge is 2.27. The zero-order chi connectivity index (χ0) is 17.1. The SMILES string of the molecule is O=C(NCc1ccccn1)C1CCc2nc(-c3ccccc3)sc2C1. The monoisotopic (exact) mass is 349 g/mol. The highest BCUT2D eigenvalue weighted by molar-refractivity contribution is 7.15. The van der Waals surface area contributed by atoms with Crippen LogP contribution in [0, 0.1) is 5.92 Å². The normalized spacial score (nSPS) is 16.2. The Labute approximate surface area is 151 Å². The summed E-state index contributed by atoms with van der Waals surface area (Å²) >= 11 is 1.72. The van der Waals surface area contributed by atoms with E-state index < -0.39 is 0 Å². The summed E-state index contributed by atoms with van der Waals surface area (Å²) in [6.07, 6.45) is 4.27. The van der Waals surface area contributed by atoms with Gasteiger partial charge in [-0.2, -0.15) is 0 Å². The topological polar surface area (TPSA) is 54.9 Å². The van der Waals surface area contributed by atoms with Crippen molar-refractivity contribution in [1.29, 1.82) is 0 Å². The average molecular weight is 349 g/mol. The molecule has 0 bridgehead atoms. The lowest BCUT2D eigenvalue weighted by molar-refractivity contribution is -0.125. The van der Waals surface area contributed by atoms with Crippen molar-refractivity contribution in [2.24, 2.45) is 5.92 Å². The van der Waals surface area contributed by atoms with Crippen LogP contribution in [0.3, 0.4) is 0 Å². The second kappa shape index (κ2) is 7.15. The number of hydrogen-bond acceptors (Lipinski definition) is 4. The maximum absolute atomic E-state index is 12.5. The predicted octanol–water partition coefficient (Wildman–Crippen LogP) is 3.63. The third-order valence-corrected chi connectivity index (χ3v) is 5.67. The Morgan fingerprint density at radius 1 is 1.16 bits per heavy atom. The molecule has 3 aromatic rings. The van der Waals surface area contributed by atoms with Gasteiger partial charge in [0, 0.05) is 22.6 Å². The zero-order valence-electron chi connectivity index (χ0n) is 13.8. The van der Waals surface area contributed by atoms with Crippen molar-refractivity contribution in [3.63, 3.8) is 0 Å². The van der Waals surface area contributed by atoms with Crippen molar-refractivity contribution in [2.45, 2.75) is 25.8 Å². The number of nitrogens with zero attached hydrogens (tertiary/aromatic N) is 2. The van der Waals surface area contributed by atoms with E-state index in [4.69, 9.17) is 4.98 Å². The van der Waals surface area contributed by atoms with Crippen LogP contribution in [0.5, 0.6) is 0 Å². The molecule has 4 rings (SSSR count). The lowest BCUT2D eigenvalue weighted by Crippen LogP contribution is -2.33. The molecular formula is C20H19N3OS. The van der Waals surface area contributed by atoms with Gasteiger partial charge in [-0.15, -0.1) is 11.3 Å². The second-order valence-corrected chi connectivity index (χ2v) is 7.32. The van der Waals surface area contributed by atoms with Crippen LogP contribution >= 0.6 is 11.3 Å². The van der Waals surface area contributed by atoms with Gasteiger partial charge in [0.05, 0.1) is 17.9 Å². The van der Waals surface area contributed by atoms with Gasteiger partial charge in [-0.3, -0.25) is 9.78 Å². The number of rotatable bonds is 4. The molecule has 1 aliphatic rings. The molecule has 126 valence electrons. The van der Waals surface area contributed by atoms with E-state index in [1.165, 1.54) is 4.88 Å². The fraction of sp³-hybridized carbons (Fsp3) is 0.250. The fourth-order valence-electron chi connectivity index (χ4n) is 3.13. The van der Waals surface area contributed by atoms with Gasteiger partial charge in [0.25, 0.3) is 0 Å². The molecule has 1 unspecified atom stereocenters. The smallest absolute Gasteiger partial charge is 0.223 e. The van der Waals surface area contributed by atoms with Crippen LogP contribution in [-0.2, 0) is 24.2 Å². The van der Waals surface area contributed by atoms with E-state index in [2.05, 4.69) is 22.4 Å². The van der Waals surface area contributed by atoms with Gasteiger partial charge in [-0.1, -0.05) is 36.4 Å². The Bertz CT molecular complexity index is 861. The molecule has 0 spiro atoms. The van der Waals surface area contributed by atoms with Gasteiger partial charge in [0.2, 0.25) is 5.91 Å². The first kappa shape index (κ1) is 16.0. The Morgan fingerprint density at radius 2 is 2.00 bits per heavy atom. The number of aryl methyl sites for hydroxylation is 1. The third-order valence-electron chi connectivity index (χ3n) is 4.50. The van der Waals surface area contributed by atoms with Crippen molar-refractivity contribution >= 4 is 17.2 Å². The molecule has 4 nitrogen and oxygen atoms in total. The van der Waals surface area contributed by atoms with Gasteiger partial charge >= 0.3 is 0 Å². The lowest BCUT2D eigenvalue weighted by atomic mass is 9.90. The summed E-state index contributed by atoms with van der Waals surface area (Å²) < 4.78 is 0. The van der Waals surface area contributed by atoms with Gasteiger partial charge < -0.3 is 5.32 Å². The Hall–Kier alpha value is -2.53. The van der Waals surface area contributed by atoms with Crippen molar-refractivity contribution < 1.29 is 4.79 Å². The molecule has 5 heteroatoms. The molecule has 0 saturated heterocycles. The second-order valence-electron chi connectivity index (χ2n) is 6.23. The Balaban J connectivity index is 1.42. The number of benzene rings is 1. The lowest BCUT2D eigenvalue weighted by Gasteiger charge is -2.20. The van der Waals surface area contributed by atoms with Crippen LogP contribution in [0.2, 0.25) is 0 Å². The minimum atomic E-state index is 0.0280. The summed E-state index contributed by atoms with van der Waals surface area (Å²) in [6, 6.07) is 16.0. The van der Waals surface area contributed by atoms with Crippen molar-refractivity contribution in [3.8, 4) is 10.6 Å². The Kier molecular flexibility index (Phi) is 4.57. The summed E-state index contributed by atoms with van der Waals surface area (Å²) in [4.78, 5) is 22.8. The largest absolute Gasteiger partial charge is 0.350 e. The summed E-state index contributed by atoms with van der Waals surface area (Å²) in [6.45, 7) is 0.487. The van der Waals surface area contributed by atoms with Crippen LogP contribution in [0.15, 0.2) is 54.7 Å². The number of aromatic nitrogens is 2. The van der Waals surface area contributed by atoms with Crippen molar-refractivity contribution in [1.82, 2.24) is 15.3 Å². The van der Waals surface area contributed by atoms with Crippen LogP contribution in [-0.4, -0.2) is 15.9 Å². The Morgan fingerprint density at radius 3 is 2.80 bits per heavy atom. The molecule has 0 fully saturated rings. The molecule has 0 saturated carbocycles. The molecule has 1 aliphatic carbocycles. The molecule has 25 heavy (non-hydrogen) atoms. The van der Waals surface area contributed by atoms with E-state index in [1.54, 1.807) is 17.5 Å². The van der Waals surface area contributed by atoms with Gasteiger partial charge in [0.15, 0.2) is 0 Å². The third kappa shape index (κ3) is 3.61. The number of pyridine rings is 1. The van der Waals surface area contributed by atoms with E-state index in [0.29, 0.717) is 6.54 Å². The van der Waals surface area contributed by atoms with Gasteiger partial charge in [-0.05, 0) is 31.4 Å². The number of carbonyl (C=O) groups is 1. The number of thiazole rings is 1. The maximum atomic E-state index is 12.5. The molecule has 0 aliphatic heterocycles. The average Bonchev–Trinajstić information content (AvgIpc) is 3.11. The van der Waals surface area contributed by atoms with Gasteiger partial charge in [-0.25, -0.2) is 4.98 Å². The van der Waals surface area contributed by atoms with Crippen LogP contribution < -0.4 is 5.32 Å². The number of fused-ring (bicyclic) bond motifs is 1. The number of hydrogen-bond donors (Lipinski definition) is 1. The first-order chi connectivity index (χ1) is 12.3. The van der Waals surface area contributed by atoms with Crippen LogP contribution in [0.1, 0.15) is 22.7 Å². The number of amides is 1. The molecule has 1 aromatic carbocycles. The summed E-state index contributed by atoms with van der Waals surface area (Å²) in [5.74, 6) is 0.145. The van der Waals surface area contributed by atoms with Crippen LogP contribution in [0.25, 0.3) is 10.6 Å². The zero-order valence-corrected chi connectivity index (χ0v) is 14.6. The summed E-state index contributed by atoms with van der Waals surface area (Å²) in [7, 11) is 0. The van der Waals surface area contributed by atoms with Crippen molar-refractivity contribution in [2.75, 3.05) is 0 Å². The summed E-state index contributed by atoms with van der Waals surface area (Å²) in [5.41, 5.74) is 3.20. The summed E-state index contributed by atoms with van der Waals surface area (Å²) in [5, 5.41) is 4.08. The number of carbonyl (C=O) groups excluding carboxylic acids is 1. The first-order valence-corrected chi connectivity index (χ1v) is 9.33. The van der Waals surface area contributed by atoms with Crippen molar-refractivity contribution in [3.05, 3.63) is 71.0 Å². The molecule has 1 amide bonds. The minimum Gasteiger partial charge on any atom is -0.350 e. The number of nitrogens with one attached hydrogen (secondary N) is 1. The van der Waals surface area contributed by atoms with E-state index in [0.717, 1.165) is 41.2 Å². The quantitative estimate of drug-likeness (QED) is 0.782. The standard InChI is InChI=1S/C20H19N3OS/c24-19(22-13-16-8-4-5-11-21-16)15-9-10-17-18(12-15)25-20(23-17)14-6-2-1-3-7-14/h1-8,11,15H,9-10,12-13H2,(H,22,24). The maximum Gasteiger partial charge on any atom is 0.223 e. The van der Waals surface area contributed by atoms with E-state index in [-0.39, 0.29) is 11.8 Å². The molecule has 2 heterocycles. The predicted molar refractivity (Wildman–Crippen MR) is 99.1 cm³/mol. The molecule has 0 radical (unpaired) electrons. The highest BCUT2D eigenvalue weighted by Crippen LogP contribution is 2.34. The first-order valence-electron chi connectivity index (χ1n) is 8.51. The van der Waals surface area contributed by atoms with Crippen LogP contribution in [0.4, 0.5) is 0 Å². The molecule has 2 aromatic heterocycles. The highest BCUT2D eigenvalue weighted by atomic mass is 32.1. The fourth-order valence-corrected chi connectivity index (χ4v) is 4.32. The van der Waals surface area contributed by atoms with E-state index in [9.17, 15) is 4.79 Å². The minimum absolute atomic E-state index is 0.0280. The van der Waals surface area contributed by atoms with Gasteiger partial charge in [0.1, 0.15) is 5.01 Å². The van der Waals surface area contributed by atoms with E-state index in [1.807, 2.05) is 36.4 Å². The van der Waals surface area contributed by atoms with E-state index >= 15 is 0 Å². The molecule has 1 atom stereocenters. The molecular weight excluding hydrogens is 330 g/mol.